The fourth-order valence-electron chi connectivity index (χ4n) is 2.31. The summed E-state index contributed by atoms with van der Waals surface area (Å²) in [5.74, 6) is -0.529. The average molecular weight is 347 g/mol. The van der Waals surface area contributed by atoms with E-state index in [0.29, 0.717) is 16.4 Å². The van der Waals surface area contributed by atoms with Crippen LogP contribution in [0.25, 0.3) is 0 Å². The molecule has 0 aromatic heterocycles. The summed E-state index contributed by atoms with van der Waals surface area (Å²) in [6, 6.07) is 6.68. The molecule has 0 bridgehead atoms. The molecule has 0 aliphatic carbocycles. The summed E-state index contributed by atoms with van der Waals surface area (Å²) in [4.78, 5) is 41.4. The summed E-state index contributed by atoms with van der Waals surface area (Å²) in [6.07, 6.45) is 0.0756. The van der Waals surface area contributed by atoms with Crippen molar-refractivity contribution in [3.05, 3.63) is 29.8 Å². The zero-order chi connectivity index (χ0) is 17.7. The fraction of sp³-hybridized carbons (Fsp3) is 0.412. The fourth-order valence-corrected chi connectivity index (χ4v) is 3.50. The van der Waals surface area contributed by atoms with E-state index in [-0.39, 0.29) is 24.0 Å². The Hall–Kier alpha value is -2.15. The van der Waals surface area contributed by atoms with E-state index in [1.54, 1.807) is 24.3 Å². The smallest absolute Gasteiger partial charge is 0.262 e. The van der Waals surface area contributed by atoms with Crippen LogP contribution in [-0.2, 0) is 9.59 Å². The molecule has 0 radical (unpaired) electrons. The number of aliphatic imine (C=N–C) groups is 1. The molecule has 0 fully saturated rings. The van der Waals surface area contributed by atoms with E-state index < -0.39 is 5.25 Å². The van der Waals surface area contributed by atoms with Crippen molar-refractivity contribution in [3.63, 3.8) is 0 Å². The third-order valence-electron chi connectivity index (χ3n) is 3.71. The normalized spacial score (nSPS) is 16.7. The molecule has 1 aromatic rings. The molecule has 2 rings (SSSR count). The largest absolute Gasteiger partial charge is 0.352 e. The van der Waals surface area contributed by atoms with Crippen molar-refractivity contribution in [2.45, 2.75) is 32.4 Å². The molecule has 1 aliphatic rings. The van der Waals surface area contributed by atoms with Crippen LogP contribution in [0.15, 0.2) is 29.3 Å². The van der Waals surface area contributed by atoms with Gasteiger partial charge < -0.3 is 10.2 Å². The second-order valence-electron chi connectivity index (χ2n) is 5.40. The number of carbonyl (C=O) groups is 3. The van der Waals surface area contributed by atoms with Crippen molar-refractivity contribution in [2.75, 3.05) is 18.4 Å². The summed E-state index contributed by atoms with van der Waals surface area (Å²) in [7, 11) is 0. The number of Topliss-reactive ketones (excluding diaryl/α,β-unsaturated/α-hetero) is 1. The summed E-state index contributed by atoms with van der Waals surface area (Å²) in [6.45, 7) is 7.04. The number of rotatable bonds is 6. The minimum atomic E-state index is -0.475. The molecule has 7 heteroatoms. The van der Waals surface area contributed by atoms with E-state index >= 15 is 0 Å². The van der Waals surface area contributed by atoms with Gasteiger partial charge in [0.2, 0.25) is 5.91 Å². The molecule has 6 nitrogen and oxygen atoms in total. The Morgan fingerprint density at radius 3 is 2.38 bits per heavy atom. The highest BCUT2D eigenvalue weighted by Crippen LogP contribution is 2.27. The lowest BCUT2D eigenvalue weighted by atomic mass is 10.1. The minimum absolute atomic E-state index is 0.0260. The molecule has 2 amide bonds. The topological polar surface area (TPSA) is 78.8 Å². The maximum Gasteiger partial charge on any atom is 0.262 e. The van der Waals surface area contributed by atoms with Gasteiger partial charge in [-0.3, -0.25) is 14.4 Å². The maximum absolute atomic E-state index is 12.1. The highest BCUT2D eigenvalue weighted by molar-refractivity contribution is 8.15. The van der Waals surface area contributed by atoms with Crippen molar-refractivity contribution in [3.8, 4) is 0 Å². The van der Waals surface area contributed by atoms with Gasteiger partial charge in [-0.25, -0.2) is 0 Å². The van der Waals surface area contributed by atoms with E-state index in [2.05, 4.69) is 10.3 Å². The number of ketones is 1. The predicted octanol–water partition coefficient (Wildman–Crippen LogP) is 2.56. The van der Waals surface area contributed by atoms with E-state index in [9.17, 15) is 14.4 Å². The number of nitrogens with one attached hydrogen (secondary N) is 1. The van der Waals surface area contributed by atoms with Crippen molar-refractivity contribution in [1.29, 1.82) is 0 Å². The van der Waals surface area contributed by atoms with Gasteiger partial charge in [-0.2, -0.15) is 4.99 Å². The second kappa shape index (κ2) is 8.10. The Labute approximate surface area is 145 Å². The predicted molar refractivity (Wildman–Crippen MR) is 96.4 cm³/mol. The number of amides is 2. The molecule has 128 valence electrons. The molecule has 24 heavy (non-hydrogen) atoms. The Morgan fingerprint density at radius 2 is 1.83 bits per heavy atom. The standard InChI is InChI=1S/C17H21N3O3S/c1-4-20(5-2)17-19-16(23)14(24-17)10-15(22)18-13-8-6-12(7-9-13)11(3)21/h6-9,14H,4-5,10H2,1-3H3,(H,18,22). The van der Waals surface area contributed by atoms with Gasteiger partial charge in [-0.15, -0.1) is 0 Å². The third kappa shape index (κ3) is 4.44. The number of benzene rings is 1. The SMILES string of the molecule is CCN(CC)C1=NC(=O)C(CC(=O)Nc2ccc(C(C)=O)cc2)S1. The summed E-state index contributed by atoms with van der Waals surface area (Å²) in [5.41, 5.74) is 1.19. The van der Waals surface area contributed by atoms with Gasteiger partial charge in [0.05, 0.1) is 0 Å². The van der Waals surface area contributed by atoms with Crippen molar-refractivity contribution in [1.82, 2.24) is 4.90 Å². The Bertz CT molecular complexity index is 666. The van der Waals surface area contributed by atoms with E-state index in [1.165, 1.54) is 18.7 Å². The summed E-state index contributed by atoms with van der Waals surface area (Å²) < 4.78 is 0. The highest BCUT2D eigenvalue weighted by atomic mass is 32.2. The van der Waals surface area contributed by atoms with Crippen LogP contribution < -0.4 is 5.32 Å². The molecular weight excluding hydrogens is 326 g/mol. The van der Waals surface area contributed by atoms with Crippen LogP contribution in [0.1, 0.15) is 37.6 Å². The van der Waals surface area contributed by atoms with Gasteiger partial charge in [0.15, 0.2) is 11.0 Å². The number of carbonyl (C=O) groups excluding carboxylic acids is 3. The highest BCUT2D eigenvalue weighted by Gasteiger charge is 2.32. The van der Waals surface area contributed by atoms with Crippen molar-refractivity contribution >= 4 is 40.2 Å². The lowest BCUT2D eigenvalue weighted by Gasteiger charge is -2.19. The number of hydrogen-bond acceptors (Lipinski definition) is 5. The zero-order valence-corrected chi connectivity index (χ0v) is 14.9. The van der Waals surface area contributed by atoms with Crippen LogP contribution in [0.2, 0.25) is 0 Å². The molecule has 0 spiro atoms. The monoisotopic (exact) mass is 347 g/mol. The number of nitrogens with zero attached hydrogens (tertiary/aromatic N) is 2. The number of amidine groups is 1. The molecule has 1 atom stereocenters. The Balaban J connectivity index is 1.91. The quantitative estimate of drug-likeness (QED) is 0.800. The molecule has 1 N–H and O–H groups in total. The van der Waals surface area contributed by atoms with Crippen LogP contribution in [0, 0.1) is 0 Å². The average Bonchev–Trinajstić information content (AvgIpc) is 2.89. The van der Waals surface area contributed by atoms with Gasteiger partial charge >= 0.3 is 0 Å². The van der Waals surface area contributed by atoms with Crippen LogP contribution in [0.4, 0.5) is 5.69 Å². The molecule has 1 aliphatic heterocycles. The number of thioether (sulfide) groups is 1. The molecule has 1 unspecified atom stereocenters. The summed E-state index contributed by atoms with van der Waals surface area (Å²) >= 11 is 1.34. The van der Waals surface area contributed by atoms with Crippen LogP contribution >= 0.6 is 11.8 Å². The Morgan fingerprint density at radius 1 is 1.21 bits per heavy atom. The third-order valence-corrected chi connectivity index (χ3v) is 4.92. The lowest BCUT2D eigenvalue weighted by molar-refractivity contribution is -0.121. The first-order valence-corrected chi connectivity index (χ1v) is 8.77. The maximum atomic E-state index is 12.1. The van der Waals surface area contributed by atoms with Crippen LogP contribution in [-0.4, -0.2) is 46.0 Å². The minimum Gasteiger partial charge on any atom is -0.352 e. The van der Waals surface area contributed by atoms with Gasteiger partial charge in [0.1, 0.15) is 5.25 Å². The van der Waals surface area contributed by atoms with Gasteiger partial charge in [-0.05, 0) is 45.0 Å². The van der Waals surface area contributed by atoms with Gasteiger partial charge in [0.25, 0.3) is 5.91 Å². The molecule has 0 saturated heterocycles. The second-order valence-corrected chi connectivity index (χ2v) is 6.57. The lowest BCUT2D eigenvalue weighted by Crippen LogP contribution is -2.27. The zero-order valence-electron chi connectivity index (χ0n) is 14.0. The van der Waals surface area contributed by atoms with Crippen LogP contribution in [0.3, 0.4) is 0 Å². The first-order chi connectivity index (χ1) is 11.4. The van der Waals surface area contributed by atoms with Crippen LogP contribution in [0.5, 0.6) is 0 Å². The number of hydrogen-bond donors (Lipinski definition) is 1. The van der Waals surface area contributed by atoms with Crippen molar-refractivity contribution < 1.29 is 14.4 Å². The molecule has 1 heterocycles. The van der Waals surface area contributed by atoms with E-state index in [4.69, 9.17) is 0 Å². The Kier molecular flexibility index (Phi) is 6.14. The molecule has 1 aromatic carbocycles. The van der Waals surface area contributed by atoms with Gasteiger partial charge in [-0.1, -0.05) is 11.8 Å². The van der Waals surface area contributed by atoms with Gasteiger partial charge in [0, 0.05) is 30.8 Å². The van der Waals surface area contributed by atoms with Crippen molar-refractivity contribution in [2.24, 2.45) is 4.99 Å². The van der Waals surface area contributed by atoms with E-state index in [1.807, 2.05) is 18.7 Å². The summed E-state index contributed by atoms with van der Waals surface area (Å²) in [5, 5.41) is 2.96. The first-order valence-electron chi connectivity index (χ1n) is 7.89. The first kappa shape index (κ1) is 18.2. The van der Waals surface area contributed by atoms with E-state index in [0.717, 1.165) is 13.1 Å². The molecular formula is C17H21N3O3S. The molecule has 0 saturated carbocycles. The number of anilines is 1.